The van der Waals surface area contributed by atoms with Crippen LogP contribution in [0.25, 0.3) is 0 Å². The van der Waals surface area contributed by atoms with Crippen LogP contribution >= 0.6 is 0 Å². The maximum absolute atomic E-state index is 13.3. The normalized spacial score (nSPS) is 14.2. The molecule has 0 atom stereocenters. The lowest BCUT2D eigenvalue weighted by atomic mass is 9.90. The molecule has 35 heavy (non-hydrogen) atoms. The van der Waals surface area contributed by atoms with E-state index in [1.54, 1.807) is 0 Å². The Bertz CT molecular complexity index is 1070. The minimum Gasteiger partial charge on any atom is -0.368 e. The highest BCUT2D eigenvalue weighted by atomic mass is 16.2. The second-order valence-electron chi connectivity index (χ2n) is 10.4. The van der Waals surface area contributed by atoms with Crippen molar-refractivity contribution in [1.29, 1.82) is 0 Å². The number of benzene rings is 3. The molecular formula is C30H35N3O2. The molecule has 5 nitrogen and oxygen atoms in total. The Balaban J connectivity index is 1.39. The van der Waals surface area contributed by atoms with E-state index in [2.05, 4.69) is 31.0 Å². The molecule has 0 radical (unpaired) electrons. The first-order valence-corrected chi connectivity index (χ1v) is 12.3. The highest BCUT2D eigenvalue weighted by molar-refractivity contribution is 5.98. The summed E-state index contributed by atoms with van der Waals surface area (Å²) < 4.78 is 0. The molecule has 3 aromatic carbocycles. The van der Waals surface area contributed by atoms with Gasteiger partial charge in [0.1, 0.15) is 0 Å². The van der Waals surface area contributed by atoms with E-state index >= 15 is 0 Å². The van der Waals surface area contributed by atoms with Crippen molar-refractivity contribution >= 4 is 23.2 Å². The van der Waals surface area contributed by atoms with Crippen molar-refractivity contribution in [2.24, 2.45) is 5.41 Å². The van der Waals surface area contributed by atoms with E-state index in [9.17, 15) is 9.59 Å². The van der Waals surface area contributed by atoms with Gasteiger partial charge < -0.3 is 15.1 Å². The number of carbonyl (C=O) groups is 2. The quantitative estimate of drug-likeness (QED) is 0.516. The molecule has 1 aliphatic rings. The van der Waals surface area contributed by atoms with E-state index in [0.29, 0.717) is 6.42 Å². The fraction of sp³-hybridized carbons (Fsp3) is 0.333. The summed E-state index contributed by atoms with van der Waals surface area (Å²) in [6.45, 7) is 9.40. The summed E-state index contributed by atoms with van der Waals surface area (Å²) in [6, 6.07) is 27.7. The molecule has 0 aromatic heterocycles. The van der Waals surface area contributed by atoms with Gasteiger partial charge in [0.25, 0.3) is 0 Å². The maximum atomic E-state index is 13.3. The average Bonchev–Trinajstić information content (AvgIpc) is 2.85. The summed E-state index contributed by atoms with van der Waals surface area (Å²) in [5.74, 6) is -0.196. The summed E-state index contributed by atoms with van der Waals surface area (Å²) in [7, 11) is 0. The summed E-state index contributed by atoms with van der Waals surface area (Å²) in [5.41, 5.74) is 3.82. The van der Waals surface area contributed by atoms with Gasteiger partial charge in [0.15, 0.2) is 0 Å². The first-order valence-electron chi connectivity index (χ1n) is 12.3. The van der Waals surface area contributed by atoms with Crippen LogP contribution in [0.5, 0.6) is 0 Å². The first kappa shape index (κ1) is 24.5. The van der Waals surface area contributed by atoms with E-state index < -0.39 is 0 Å². The topological polar surface area (TPSA) is 52.7 Å². The summed E-state index contributed by atoms with van der Waals surface area (Å²) in [5, 5.41) is 3.10. The van der Waals surface area contributed by atoms with Crippen LogP contribution < -0.4 is 10.2 Å². The molecule has 182 valence electrons. The van der Waals surface area contributed by atoms with Gasteiger partial charge in [-0.2, -0.15) is 0 Å². The van der Waals surface area contributed by atoms with E-state index in [0.717, 1.165) is 48.7 Å². The lowest BCUT2D eigenvalue weighted by molar-refractivity contribution is -0.133. The van der Waals surface area contributed by atoms with Gasteiger partial charge >= 0.3 is 0 Å². The molecule has 0 unspecified atom stereocenters. The Kier molecular flexibility index (Phi) is 7.54. The average molecular weight is 470 g/mol. The summed E-state index contributed by atoms with van der Waals surface area (Å²) in [4.78, 5) is 30.1. The second-order valence-corrected chi connectivity index (χ2v) is 10.4. The third-order valence-corrected chi connectivity index (χ3v) is 6.34. The Morgan fingerprint density at radius 3 is 1.77 bits per heavy atom. The number of nitrogens with one attached hydrogen (secondary N) is 1. The van der Waals surface area contributed by atoms with Crippen LogP contribution in [0, 0.1) is 5.41 Å². The van der Waals surface area contributed by atoms with Crippen molar-refractivity contribution in [1.82, 2.24) is 4.90 Å². The standard InChI is InChI=1S/C30H35N3O2/c1-30(2,3)22-27(34)33-20-18-32(19-21-33)26-16-14-25(15-17-26)31-29(35)28(23-10-6-4-7-11-23)24-12-8-5-9-13-24/h4-17,28H,18-22H2,1-3H3,(H,31,35). The highest BCUT2D eigenvalue weighted by Crippen LogP contribution is 2.27. The number of anilines is 2. The molecule has 1 aliphatic heterocycles. The number of amides is 2. The van der Waals surface area contributed by atoms with Gasteiger partial charge in [-0.3, -0.25) is 9.59 Å². The molecule has 1 N–H and O–H groups in total. The Labute approximate surface area is 208 Å². The van der Waals surface area contributed by atoms with Gasteiger partial charge in [0.05, 0.1) is 5.92 Å². The smallest absolute Gasteiger partial charge is 0.236 e. The van der Waals surface area contributed by atoms with E-state index in [1.165, 1.54) is 0 Å². The minimum atomic E-state index is -0.379. The number of carbonyl (C=O) groups excluding carboxylic acids is 2. The van der Waals surface area contributed by atoms with Crippen molar-refractivity contribution in [2.45, 2.75) is 33.1 Å². The monoisotopic (exact) mass is 469 g/mol. The van der Waals surface area contributed by atoms with Gasteiger partial charge in [-0.15, -0.1) is 0 Å². The van der Waals surface area contributed by atoms with Crippen molar-refractivity contribution in [3.05, 3.63) is 96.1 Å². The van der Waals surface area contributed by atoms with Crippen LogP contribution in [-0.4, -0.2) is 42.9 Å². The maximum Gasteiger partial charge on any atom is 0.236 e. The molecular weight excluding hydrogens is 434 g/mol. The van der Waals surface area contributed by atoms with Crippen LogP contribution in [0.4, 0.5) is 11.4 Å². The predicted molar refractivity (Wildman–Crippen MR) is 143 cm³/mol. The van der Waals surface area contributed by atoms with Crippen molar-refractivity contribution in [3.63, 3.8) is 0 Å². The molecule has 1 fully saturated rings. The van der Waals surface area contributed by atoms with Crippen LogP contribution in [0.15, 0.2) is 84.9 Å². The summed E-state index contributed by atoms with van der Waals surface area (Å²) in [6.07, 6.45) is 0.578. The second kappa shape index (κ2) is 10.8. The molecule has 1 saturated heterocycles. The zero-order valence-electron chi connectivity index (χ0n) is 20.9. The number of rotatable bonds is 6. The van der Waals surface area contributed by atoms with E-state index in [4.69, 9.17) is 0 Å². The molecule has 3 aromatic rings. The Morgan fingerprint density at radius 1 is 0.771 bits per heavy atom. The number of nitrogens with zero attached hydrogens (tertiary/aromatic N) is 2. The number of piperazine rings is 1. The Morgan fingerprint density at radius 2 is 1.29 bits per heavy atom. The van der Waals surface area contributed by atoms with E-state index in [-0.39, 0.29) is 23.1 Å². The molecule has 1 heterocycles. The first-order chi connectivity index (χ1) is 16.8. The minimum absolute atomic E-state index is 0.00845. The molecule has 2 amide bonds. The third-order valence-electron chi connectivity index (χ3n) is 6.34. The molecule has 0 spiro atoms. The van der Waals surface area contributed by atoms with Gasteiger partial charge in [0.2, 0.25) is 11.8 Å². The van der Waals surface area contributed by atoms with Gasteiger partial charge in [0, 0.05) is 44.0 Å². The van der Waals surface area contributed by atoms with Crippen molar-refractivity contribution in [3.8, 4) is 0 Å². The van der Waals surface area contributed by atoms with Gasteiger partial charge in [-0.1, -0.05) is 81.4 Å². The lowest BCUT2D eigenvalue weighted by Crippen LogP contribution is -2.49. The van der Waals surface area contributed by atoms with Crippen molar-refractivity contribution in [2.75, 3.05) is 36.4 Å². The van der Waals surface area contributed by atoms with Gasteiger partial charge in [-0.25, -0.2) is 0 Å². The van der Waals surface area contributed by atoms with Crippen molar-refractivity contribution < 1.29 is 9.59 Å². The fourth-order valence-electron chi connectivity index (χ4n) is 4.54. The largest absolute Gasteiger partial charge is 0.368 e. The van der Waals surface area contributed by atoms with Gasteiger partial charge in [-0.05, 0) is 40.8 Å². The van der Waals surface area contributed by atoms with E-state index in [1.807, 2.05) is 89.8 Å². The highest BCUT2D eigenvalue weighted by Gasteiger charge is 2.25. The molecule has 0 aliphatic carbocycles. The third kappa shape index (κ3) is 6.50. The van der Waals surface area contributed by atoms with Crippen LogP contribution in [0.3, 0.4) is 0 Å². The zero-order valence-corrected chi connectivity index (χ0v) is 20.9. The SMILES string of the molecule is CC(C)(C)CC(=O)N1CCN(c2ccc(NC(=O)C(c3ccccc3)c3ccccc3)cc2)CC1. The molecule has 5 heteroatoms. The molecule has 4 rings (SSSR count). The number of hydrogen-bond acceptors (Lipinski definition) is 3. The molecule has 0 saturated carbocycles. The fourth-order valence-corrected chi connectivity index (χ4v) is 4.54. The van der Waals surface area contributed by atoms with Crippen LogP contribution in [0.1, 0.15) is 44.2 Å². The predicted octanol–water partition coefficient (Wildman–Crippen LogP) is 5.54. The lowest BCUT2D eigenvalue weighted by Gasteiger charge is -2.37. The summed E-state index contributed by atoms with van der Waals surface area (Å²) >= 11 is 0. The van der Waals surface area contributed by atoms with Crippen LogP contribution in [0.2, 0.25) is 0 Å². The Hall–Kier alpha value is -3.60. The number of hydrogen-bond donors (Lipinski definition) is 1. The van der Waals surface area contributed by atoms with Crippen LogP contribution in [-0.2, 0) is 9.59 Å². The molecule has 0 bridgehead atoms. The zero-order chi connectivity index (χ0) is 24.8.